The van der Waals surface area contributed by atoms with E-state index >= 15 is 0 Å². The highest BCUT2D eigenvalue weighted by atomic mass is 16.4. The van der Waals surface area contributed by atoms with Gasteiger partial charge in [-0.2, -0.15) is 0 Å². The van der Waals surface area contributed by atoms with Crippen molar-refractivity contribution in [2.45, 2.75) is 38.3 Å². The van der Waals surface area contributed by atoms with Gasteiger partial charge < -0.3 is 5.11 Å². The summed E-state index contributed by atoms with van der Waals surface area (Å²) in [5, 5.41) is 12.7. The zero-order valence-corrected chi connectivity index (χ0v) is 15.0. The first-order valence-corrected chi connectivity index (χ1v) is 8.99. The molecule has 3 rings (SSSR count). The highest BCUT2D eigenvalue weighted by Gasteiger charge is 2.65. The second-order valence-corrected chi connectivity index (χ2v) is 7.13. The molecule has 0 bridgehead atoms. The zero-order valence-electron chi connectivity index (χ0n) is 15.0. The molecule has 2 fully saturated rings. The fourth-order valence-corrected chi connectivity index (χ4v) is 3.92. The molecule has 0 saturated carbocycles. The fourth-order valence-electron chi connectivity index (χ4n) is 3.92. The summed E-state index contributed by atoms with van der Waals surface area (Å²) in [5.74, 6) is -3.31. The second-order valence-electron chi connectivity index (χ2n) is 7.13. The van der Waals surface area contributed by atoms with E-state index in [2.05, 4.69) is 5.32 Å². The van der Waals surface area contributed by atoms with Gasteiger partial charge >= 0.3 is 5.97 Å². The molecule has 0 spiro atoms. The lowest BCUT2D eigenvalue weighted by atomic mass is 9.81. The quantitative estimate of drug-likeness (QED) is 0.761. The monoisotopic (exact) mass is 356 g/mol. The van der Waals surface area contributed by atoms with Crippen LogP contribution in [0, 0.1) is 11.8 Å². The van der Waals surface area contributed by atoms with Crippen molar-refractivity contribution in [2.24, 2.45) is 11.8 Å². The van der Waals surface area contributed by atoms with Crippen LogP contribution in [0.4, 0.5) is 0 Å². The van der Waals surface area contributed by atoms with E-state index in [4.69, 9.17) is 0 Å². The zero-order chi connectivity index (χ0) is 18.9. The number of unbranched alkanes of at least 4 members (excludes halogenated alkanes) is 1. The van der Waals surface area contributed by atoms with Crippen molar-refractivity contribution in [3.8, 4) is 0 Å². The molecule has 2 amide bonds. The number of fused-ring (bicyclic) bond motifs is 1. The highest BCUT2D eigenvalue weighted by Crippen LogP contribution is 2.43. The van der Waals surface area contributed by atoms with E-state index in [1.807, 2.05) is 43.3 Å². The van der Waals surface area contributed by atoms with Crippen LogP contribution < -0.4 is 5.32 Å². The molecule has 26 heavy (non-hydrogen) atoms. The van der Waals surface area contributed by atoms with Crippen molar-refractivity contribution in [3.63, 3.8) is 0 Å². The van der Waals surface area contributed by atoms with Gasteiger partial charge in [0.25, 0.3) is 0 Å². The summed E-state index contributed by atoms with van der Waals surface area (Å²) in [6.07, 6.45) is 5.24. The van der Waals surface area contributed by atoms with E-state index < -0.39 is 29.4 Å². The lowest BCUT2D eigenvalue weighted by molar-refractivity contribution is -0.150. The average Bonchev–Trinajstić information content (AvgIpc) is 3.07. The lowest BCUT2D eigenvalue weighted by Crippen LogP contribution is -2.54. The lowest BCUT2D eigenvalue weighted by Gasteiger charge is -2.26. The Hall–Kier alpha value is -2.47. The summed E-state index contributed by atoms with van der Waals surface area (Å²) < 4.78 is 0. The normalized spacial score (nSPS) is 31.0. The molecule has 2 aliphatic heterocycles. The number of nitrogens with one attached hydrogen (secondary N) is 1. The van der Waals surface area contributed by atoms with Crippen LogP contribution in [-0.2, 0) is 14.4 Å². The maximum Gasteiger partial charge on any atom is 0.324 e. The summed E-state index contributed by atoms with van der Waals surface area (Å²) in [7, 11) is 0. The van der Waals surface area contributed by atoms with Crippen LogP contribution in [0.1, 0.15) is 32.3 Å². The molecule has 1 aromatic carbocycles. The van der Waals surface area contributed by atoms with Gasteiger partial charge in [-0.1, -0.05) is 55.8 Å². The van der Waals surface area contributed by atoms with Crippen molar-refractivity contribution in [1.82, 2.24) is 10.2 Å². The minimum atomic E-state index is -1.45. The number of carbonyl (C=O) groups is 3. The third-order valence-electron chi connectivity index (χ3n) is 5.39. The van der Waals surface area contributed by atoms with Crippen molar-refractivity contribution in [1.29, 1.82) is 0 Å². The predicted octanol–water partition coefficient (Wildman–Crippen LogP) is 1.92. The SMILES string of the molecule is CCCCN1C(=O)C2C(/C=C/c3ccccc3)NC(C)(C(=O)O)C2C1=O. The molecule has 2 saturated heterocycles. The summed E-state index contributed by atoms with van der Waals surface area (Å²) in [4.78, 5) is 38.8. The number of nitrogens with zero attached hydrogens (tertiary/aromatic N) is 1. The molecule has 2 N–H and O–H groups in total. The maximum atomic E-state index is 12.9. The van der Waals surface area contributed by atoms with Crippen LogP contribution in [-0.4, -0.2) is 45.9 Å². The Morgan fingerprint density at radius 2 is 1.96 bits per heavy atom. The Kier molecular flexibility index (Phi) is 4.96. The molecule has 0 radical (unpaired) electrons. The van der Waals surface area contributed by atoms with Gasteiger partial charge in [0.2, 0.25) is 11.8 Å². The molecule has 6 nitrogen and oxygen atoms in total. The van der Waals surface area contributed by atoms with Gasteiger partial charge in [-0.15, -0.1) is 0 Å². The van der Waals surface area contributed by atoms with Crippen LogP contribution >= 0.6 is 0 Å². The van der Waals surface area contributed by atoms with E-state index in [1.165, 1.54) is 11.8 Å². The van der Waals surface area contributed by atoms with E-state index in [-0.39, 0.29) is 11.8 Å². The predicted molar refractivity (Wildman–Crippen MR) is 97.0 cm³/mol. The number of amides is 2. The summed E-state index contributed by atoms with van der Waals surface area (Å²) in [5.41, 5.74) is -0.501. The Labute approximate surface area is 152 Å². The smallest absolute Gasteiger partial charge is 0.324 e. The summed E-state index contributed by atoms with van der Waals surface area (Å²) in [6.45, 7) is 3.84. The molecular weight excluding hydrogens is 332 g/mol. The molecule has 0 aliphatic carbocycles. The minimum Gasteiger partial charge on any atom is -0.480 e. The molecular formula is C20H24N2O4. The Morgan fingerprint density at radius 3 is 2.58 bits per heavy atom. The number of hydrogen-bond donors (Lipinski definition) is 2. The second kappa shape index (κ2) is 7.03. The Morgan fingerprint density at radius 1 is 1.27 bits per heavy atom. The van der Waals surface area contributed by atoms with E-state index in [9.17, 15) is 19.5 Å². The highest BCUT2D eigenvalue weighted by molar-refractivity contribution is 6.09. The summed E-state index contributed by atoms with van der Waals surface area (Å²) in [6, 6.07) is 9.08. The van der Waals surface area contributed by atoms with Crippen LogP contribution in [0.15, 0.2) is 36.4 Å². The first kappa shape index (κ1) is 18.3. The number of aliphatic carboxylic acids is 1. The molecule has 2 heterocycles. The van der Waals surface area contributed by atoms with E-state index in [0.29, 0.717) is 6.54 Å². The first-order valence-electron chi connectivity index (χ1n) is 8.99. The van der Waals surface area contributed by atoms with E-state index in [1.54, 1.807) is 6.08 Å². The number of carboxylic acids is 1. The fraction of sp³-hybridized carbons (Fsp3) is 0.450. The Bertz CT molecular complexity index is 745. The van der Waals surface area contributed by atoms with Gasteiger partial charge in [0.1, 0.15) is 5.54 Å². The van der Waals surface area contributed by atoms with Crippen molar-refractivity contribution in [3.05, 3.63) is 42.0 Å². The van der Waals surface area contributed by atoms with Crippen molar-refractivity contribution >= 4 is 23.9 Å². The molecule has 4 unspecified atom stereocenters. The molecule has 1 aromatic rings. The largest absolute Gasteiger partial charge is 0.480 e. The number of carboxylic acid groups (broad SMARTS) is 1. The molecule has 4 atom stereocenters. The maximum absolute atomic E-state index is 12.9. The van der Waals surface area contributed by atoms with Gasteiger partial charge in [-0.25, -0.2) is 0 Å². The number of likely N-dealkylation sites (tertiary alicyclic amines) is 1. The number of rotatable bonds is 6. The van der Waals surface area contributed by atoms with Gasteiger partial charge in [0, 0.05) is 12.6 Å². The standard InChI is InChI=1S/C20H24N2O4/c1-3-4-12-22-17(23)15-14(11-10-13-8-6-5-7-9-13)21-20(2,19(25)26)16(15)18(22)24/h5-11,14-16,21H,3-4,12H2,1-2H3,(H,25,26)/b11-10+. The molecule has 0 aromatic heterocycles. The third kappa shape index (κ3) is 2.94. The Balaban J connectivity index is 1.92. The number of imide groups is 1. The van der Waals surface area contributed by atoms with Gasteiger partial charge in [0.05, 0.1) is 11.8 Å². The minimum absolute atomic E-state index is 0.270. The topological polar surface area (TPSA) is 86.7 Å². The molecule has 2 aliphatic rings. The van der Waals surface area contributed by atoms with E-state index in [0.717, 1.165) is 18.4 Å². The first-order chi connectivity index (χ1) is 12.4. The van der Waals surface area contributed by atoms with Crippen molar-refractivity contribution < 1.29 is 19.5 Å². The van der Waals surface area contributed by atoms with Gasteiger partial charge in [0.15, 0.2) is 0 Å². The molecule has 138 valence electrons. The van der Waals surface area contributed by atoms with Gasteiger partial charge in [-0.05, 0) is 18.9 Å². The van der Waals surface area contributed by atoms with Crippen LogP contribution in [0.25, 0.3) is 6.08 Å². The number of carbonyl (C=O) groups excluding carboxylic acids is 2. The summed E-state index contributed by atoms with van der Waals surface area (Å²) >= 11 is 0. The van der Waals surface area contributed by atoms with Crippen molar-refractivity contribution in [2.75, 3.05) is 6.54 Å². The van der Waals surface area contributed by atoms with Crippen LogP contribution in [0.2, 0.25) is 0 Å². The van der Waals surface area contributed by atoms with Crippen LogP contribution in [0.5, 0.6) is 0 Å². The average molecular weight is 356 g/mol. The van der Waals surface area contributed by atoms with Crippen LogP contribution in [0.3, 0.4) is 0 Å². The number of hydrogen-bond acceptors (Lipinski definition) is 4. The number of benzene rings is 1. The third-order valence-corrected chi connectivity index (χ3v) is 5.39. The molecule has 6 heteroatoms. The van der Waals surface area contributed by atoms with Gasteiger partial charge in [-0.3, -0.25) is 24.6 Å².